The fourth-order valence-corrected chi connectivity index (χ4v) is 2.64. The van der Waals surface area contributed by atoms with Gasteiger partial charge in [-0.2, -0.15) is 0 Å². The topological polar surface area (TPSA) is 50.8 Å². The molecule has 0 fully saturated rings. The van der Waals surface area contributed by atoms with Crippen molar-refractivity contribution in [3.05, 3.63) is 66.7 Å². The van der Waals surface area contributed by atoms with E-state index in [0.29, 0.717) is 18.0 Å². The van der Waals surface area contributed by atoms with Crippen LogP contribution < -0.4 is 14.8 Å². The standard InChI is InChI=1S/C22H24N2O3/c1-24(2)14-15-26-19-12-10-18(11-13-19)23-22(25)16-27-21-9-5-7-17-6-3-4-8-20(17)21/h3-13H,14-16H2,1-2H3,(H,23,25). The van der Waals surface area contributed by atoms with Crippen LogP contribution in [0.15, 0.2) is 66.7 Å². The second kappa shape index (κ2) is 9.05. The van der Waals surface area contributed by atoms with Gasteiger partial charge in [0.05, 0.1) is 0 Å². The van der Waals surface area contributed by atoms with Gasteiger partial charge in [0, 0.05) is 17.6 Å². The average Bonchev–Trinajstić information content (AvgIpc) is 2.67. The molecule has 0 bridgehead atoms. The Morgan fingerprint density at radius 2 is 1.67 bits per heavy atom. The van der Waals surface area contributed by atoms with Crippen LogP contribution in [0.1, 0.15) is 0 Å². The molecule has 0 spiro atoms. The van der Waals surface area contributed by atoms with E-state index in [1.165, 1.54) is 0 Å². The second-order valence-electron chi connectivity index (χ2n) is 6.49. The number of rotatable bonds is 8. The molecule has 0 aliphatic carbocycles. The van der Waals surface area contributed by atoms with Crippen molar-refractivity contribution in [1.82, 2.24) is 4.90 Å². The van der Waals surface area contributed by atoms with E-state index in [-0.39, 0.29) is 12.5 Å². The number of nitrogens with zero attached hydrogens (tertiary/aromatic N) is 1. The number of benzene rings is 3. The number of anilines is 1. The van der Waals surface area contributed by atoms with Gasteiger partial charge in [0.15, 0.2) is 6.61 Å². The Morgan fingerprint density at radius 3 is 2.44 bits per heavy atom. The molecule has 0 saturated carbocycles. The highest BCUT2D eigenvalue weighted by Crippen LogP contribution is 2.25. The van der Waals surface area contributed by atoms with Crippen LogP contribution in [0.25, 0.3) is 10.8 Å². The molecule has 0 radical (unpaired) electrons. The van der Waals surface area contributed by atoms with E-state index in [9.17, 15) is 4.79 Å². The Balaban J connectivity index is 1.52. The molecule has 27 heavy (non-hydrogen) atoms. The maximum Gasteiger partial charge on any atom is 0.262 e. The van der Waals surface area contributed by atoms with Gasteiger partial charge in [0.2, 0.25) is 0 Å². The SMILES string of the molecule is CN(C)CCOc1ccc(NC(=O)COc2cccc3ccccc23)cc1. The van der Waals surface area contributed by atoms with Crippen molar-refractivity contribution in [3.63, 3.8) is 0 Å². The number of likely N-dealkylation sites (N-methyl/N-ethyl adjacent to an activating group) is 1. The van der Waals surface area contributed by atoms with Gasteiger partial charge in [-0.15, -0.1) is 0 Å². The lowest BCUT2D eigenvalue weighted by Crippen LogP contribution is -2.20. The maximum absolute atomic E-state index is 12.2. The molecular formula is C22H24N2O3. The van der Waals surface area contributed by atoms with Crippen LogP contribution in [0.4, 0.5) is 5.69 Å². The Kier molecular flexibility index (Phi) is 6.28. The monoisotopic (exact) mass is 364 g/mol. The van der Waals surface area contributed by atoms with Gasteiger partial charge in [-0.05, 0) is 49.8 Å². The molecule has 0 unspecified atom stereocenters. The van der Waals surface area contributed by atoms with Crippen LogP contribution in [-0.2, 0) is 4.79 Å². The molecule has 0 aromatic heterocycles. The summed E-state index contributed by atoms with van der Waals surface area (Å²) >= 11 is 0. The fourth-order valence-electron chi connectivity index (χ4n) is 2.64. The predicted molar refractivity (Wildman–Crippen MR) is 109 cm³/mol. The zero-order valence-electron chi connectivity index (χ0n) is 15.6. The van der Waals surface area contributed by atoms with E-state index < -0.39 is 0 Å². The summed E-state index contributed by atoms with van der Waals surface area (Å²) in [6.07, 6.45) is 0. The van der Waals surface area contributed by atoms with Crippen molar-refractivity contribution in [3.8, 4) is 11.5 Å². The van der Waals surface area contributed by atoms with Gasteiger partial charge >= 0.3 is 0 Å². The van der Waals surface area contributed by atoms with Gasteiger partial charge in [0.25, 0.3) is 5.91 Å². The molecule has 0 heterocycles. The highest BCUT2D eigenvalue weighted by molar-refractivity contribution is 5.93. The molecule has 3 aromatic rings. The summed E-state index contributed by atoms with van der Waals surface area (Å²) in [5.41, 5.74) is 0.710. The summed E-state index contributed by atoms with van der Waals surface area (Å²) in [5, 5.41) is 4.91. The molecule has 5 heteroatoms. The van der Waals surface area contributed by atoms with Gasteiger partial charge in [-0.25, -0.2) is 0 Å². The number of fused-ring (bicyclic) bond motifs is 1. The number of hydrogen-bond acceptors (Lipinski definition) is 4. The molecule has 1 N–H and O–H groups in total. The fraction of sp³-hybridized carbons (Fsp3) is 0.227. The lowest BCUT2D eigenvalue weighted by Gasteiger charge is -2.12. The van der Waals surface area contributed by atoms with Crippen molar-refractivity contribution in [2.45, 2.75) is 0 Å². The molecule has 3 rings (SSSR count). The Bertz CT molecular complexity index is 886. The number of amides is 1. The number of carbonyl (C=O) groups is 1. The summed E-state index contributed by atoms with van der Waals surface area (Å²) in [6, 6.07) is 21.1. The molecule has 3 aromatic carbocycles. The van der Waals surface area contributed by atoms with Crippen molar-refractivity contribution < 1.29 is 14.3 Å². The highest BCUT2D eigenvalue weighted by atomic mass is 16.5. The summed E-state index contributed by atoms with van der Waals surface area (Å²) in [5.74, 6) is 1.28. The van der Waals surface area contributed by atoms with Gasteiger partial charge in [-0.3, -0.25) is 4.79 Å². The Labute approximate surface area is 159 Å². The molecule has 140 valence electrons. The number of hydrogen-bond donors (Lipinski definition) is 1. The second-order valence-corrected chi connectivity index (χ2v) is 6.49. The number of nitrogens with one attached hydrogen (secondary N) is 1. The molecule has 0 aliphatic rings. The van der Waals surface area contributed by atoms with Crippen LogP contribution in [-0.4, -0.2) is 44.7 Å². The summed E-state index contributed by atoms with van der Waals surface area (Å²) < 4.78 is 11.4. The third-order valence-corrected chi connectivity index (χ3v) is 4.05. The van der Waals surface area contributed by atoms with Crippen LogP contribution in [0, 0.1) is 0 Å². The van der Waals surface area contributed by atoms with Crippen molar-refractivity contribution >= 4 is 22.4 Å². The van der Waals surface area contributed by atoms with Crippen molar-refractivity contribution in [1.29, 1.82) is 0 Å². The van der Waals surface area contributed by atoms with Crippen LogP contribution >= 0.6 is 0 Å². The summed E-state index contributed by atoms with van der Waals surface area (Å²) in [6.45, 7) is 1.43. The first-order valence-corrected chi connectivity index (χ1v) is 8.90. The van der Waals surface area contributed by atoms with E-state index in [2.05, 4.69) is 10.2 Å². The summed E-state index contributed by atoms with van der Waals surface area (Å²) in [4.78, 5) is 14.2. The third-order valence-electron chi connectivity index (χ3n) is 4.05. The smallest absolute Gasteiger partial charge is 0.262 e. The van der Waals surface area contributed by atoms with E-state index in [1.54, 1.807) is 0 Å². The van der Waals surface area contributed by atoms with Crippen molar-refractivity contribution in [2.24, 2.45) is 0 Å². The van der Waals surface area contributed by atoms with E-state index >= 15 is 0 Å². The van der Waals surface area contributed by atoms with E-state index in [1.807, 2.05) is 80.8 Å². The third kappa shape index (κ3) is 5.46. The highest BCUT2D eigenvalue weighted by Gasteiger charge is 2.06. The minimum atomic E-state index is -0.204. The predicted octanol–water partition coefficient (Wildman–Crippen LogP) is 3.80. The Morgan fingerprint density at radius 1 is 0.926 bits per heavy atom. The normalized spacial score (nSPS) is 10.8. The molecule has 0 atom stereocenters. The van der Waals surface area contributed by atoms with Crippen LogP contribution in [0.2, 0.25) is 0 Å². The average molecular weight is 364 g/mol. The first-order chi connectivity index (χ1) is 13.1. The summed E-state index contributed by atoms with van der Waals surface area (Å²) in [7, 11) is 4.00. The minimum Gasteiger partial charge on any atom is -0.492 e. The zero-order chi connectivity index (χ0) is 19.1. The molecule has 0 aliphatic heterocycles. The van der Waals surface area contributed by atoms with Gasteiger partial charge in [-0.1, -0.05) is 36.4 Å². The molecular weight excluding hydrogens is 340 g/mol. The largest absolute Gasteiger partial charge is 0.492 e. The Hall–Kier alpha value is -3.05. The first-order valence-electron chi connectivity index (χ1n) is 8.90. The molecule has 0 saturated heterocycles. The zero-order valence-corrected chi connectivity index (χ0v) is 15.6. The van der Waals surface area contributed by atoms with Crippen molar-refractivity contribution in [2.75, 3.05) is 39.2 Å². The lowest BCUT2D eigenvalue weighted by molar-refractivity contribution is -0.118. The molecule has 1 amide bonds. The quantitative estimate of drug-likeness (QED) is 0.661. The lowest BCUT2D eigenvalue weighted by atomic mass is 10.1. The first kappa shape index (κ1) is 18.7. The van der Waals surface area contributed by atoms with E-state index in [4.69, 9.17) is 9.47 Å². The van der Waals surface area contributed by atoms with E-state index in [0.717, 1.165) is 23.1 Å². The molecule has 5 nitrogen and oxygen atoms in total. The number of carbonyl (C=O) groups excluding carboxylic acids is 1. The van der Waals surface area contributed by atoms with Gasteiger partial charge < -0.3 is 19.7 Å². The number of ether oxygens (including phenoxy) is 2. The van der Waals surface area contributed by atoms with Gasteiger partial charge in [0.1, 0.15) is 18.1 Å². The maximum atomic E-state index is 12.2. The van der Waals surface area contributed by atoms with Crippen LogP contribution in [0.3, 0.4) is 0 Å². The van der Waals surface area contributed by atoms with Crippen LogP contribution in [0.5, 0.6) is 11.5 Å². The minimum absolute atomic E-state index is 0.0465.